The Morgan fingerprint density at radius 1 is 0.971 bits per heavy atom. The minimum absolute atomic E-state index is 0.0299. The summed E-state index contributed by atoms with van der Waals surface area (Å²) in [6.07, 6.45) is 2.27. The Morgan fingerprint density at radius 3 is 2.18 bits per heavy atom. The van der Waals surface area contributed by atoms with Gasteiger partial charge in [0.25, 0.3) is 0 Å². The topological polar surface area (TPSA) is 86.8 Å². The molecule has 0 aliphatic rings. The molecule has 0 aliphatic heterocycles. The van der Waals surface area contributed by atoms with E-state index >= 15 is 0 Å². The molecule has 2 aromatic carbocycles. The summed E-state index contributed by atoms with van der Waals surface area (Å²) in [5, 5.41) is 2.97. The molecule has 0 heterocycles. The highest BCUT2D eigenvalue weighted by molar-refractivity contribution is 7.92. The molecule has 0 saturated heterocycles. The van der Waals surface area contributed by atoms with Crippen LogP contribution in [-0.2, 0) is 26.2 Å². The molecule has 0 aromatic heterocycles. The monoisotopic (exact) mass is 487 g/mol. The molecule has 0 saturated carbocycles. The van der Waals surface area contributed by atoms with Crippen molar-refractivity contribution in [2.45, 2.75) is 66.1 Å². The maximum Gasteiger partial charge on any atom is 0.244 e. The van der Waals surface area contributed by atoms with Gasteiger partial charge < -0.3 is 10.2 Å². The van der Waals surface area contributed by atoms with Gasteiger partial charge in [-0.05, 0) is 56.4 Å². The smallest absolute Gasteiger partial charge is 0.244 e. The summed E-state index contributed by atoms with van der Waals surface area (Å²) in [4.78, 5) is 28.3. The van der Waals surface area contributed by atoms with Crippen molar-refractivity contribution < 1.29 is 18.0 Å². The van der Waals surface area contributed by atoms with Crippen molar-refractivity contribution >= 4 is 27.5 Å². The molecule has 0 bridgehead atoms. The quantitative estimate of drug-likeness (QED) is 0.522. The molecule has 8 heteroatoms. The summed E-state index contributed by atoms with van der Waals surface area (Å²) in [5.41, 5.74) is 3.05. The molecule has 0 fully saturated rings. The zero-order valence-electron chi connectivity index (χ0n) is 21.0. The molecule has 0 spiro atoms. The SMILES string of the molecule is CC[C@@H](C)NC(=O)[C@H](CC)N(Cc1ccccc1)C(=O)CN(c1cccc(C)c1C)S(C)(=O)=O. The predicted octanol–water partition coefficient (Wildman–Crippen LogP) is 3.79. The van der Waals surface area contributed by atoms with Crippen LogP contribution in [0.1, 0.15) is 50.3 Å². The highest BCUT2D eigenvalue weighted by atomic mass is 32.2. The lowest BCUT2D eigenvalue weighted by Gasteiger charge is -2.33. The van der Waals surface area contributed by atoms with E-state index in [1.165, 1.54) is 4.90 Å². The van der Waals surface area contributed by atoms with Crippen molar-refractivity contribution in [2.75, 3.05) is 17.1 Å². The largest absolute Gasteiger partial charge is 0.352 e. The number of benzene rings is 2. The average Bonchev–Trinajstić information content (AvgIpc) is 2.79. The number of rotatable bonds is 11. The number of carbonyl (C=O) groups excluding carboxylic acids is 2. The van der Waals surface area contributed by atoms with Crippen LogP contribution < -0.4 is 9.62 Å². The van der Waals surface area contributed by atoms with E-state index in [0.29, 0.717) is 12.1 Å². The zero-order chi connectivity index (χ0) is 25.5. The molecule has 0 aliphatic carbocycles. The number of hydrogen-bond donors (Lipinski definition) is 1. The van der Waals surface area contributed by atoms with Crippen molar-refractivity contribution in [1.29, 1.82) is 0 Å². The second kappa shape index (κ2) is 12.0. The van der Waals surface area contributed by atoms with Gasteiger partial charge in [0.1, 0.15) is 12.6 Å². The molecule has 2 atom stereocenters. The molecule has 2 aromatic rings. The van der Waals surface area contributed by atoms with Crippen molar-refractivity contribution in [3.8, 4) is 0 Å². The van der Waals surface area contributed by atoms with Gasteiger partial charge in [0, 0.05) is 12.6 Å². The first-order chi connectivity index (χ1) is 16.0. The van der Waals surface area contributed by atoms with E-state index in [2.05, 4.69) is 5.32 Å². The van der Waals surface area contributed by atoms with Crippen molar-refractivity contribution in [3.63, 3.8) is 0 Å². The summed E-state index contributed by atoms with van der Waals surface area (Å²) in [6.45, 7) is 9.30. The lowest BCUT2D eigenvalue weighted by atomic mass is 10.1. The second-order valence-electron chi connectivity index (χ2n) is 8.74. The number of carbonyl (C=O) groups is 2. The van der Waals surface area contributed by atoms with Crippen LogP contribution in [0.4, 0.5) is 5.69 Å². The van der Waals surface area contributed by atoms with E-state index < -0.39 is 22.0 Å². The number of amides is 2. The standard InChI is InChI=1S/C26H37N3O4S/c1-7-20(4)27-26(31)23(8-2)28(17-22-14-10-9-11-15-22)25(30)18-29(34(6,32)33)24-16-12-13-19(3)21(24)5/h9-16,20,23H,7-8,17-18H2,1-6H3,(H,27,31)/t20-,23+/m1/s1. The van der Waals surface area contributed by atoms with Crippen molar-refractivity contribution in [1.82, 2.24) is 10.2 Å². The van der Waals surface area contributed by atoms with E-state index in [1.54, 1.807) is 12.1 Å². The molecule has 7 nitrogen and oxygen atoms in total. The van der Waals surface area contributed by atoms with Crippen LogP contribution in [0, 0.1) is 13.8 Å². The number of anilines is 1. The number of sulfonamides is 1. The Morgan fingerprint density at radius 2 is 1.62 bits per heavy atom. The Balaban J connectivity index is 2.46. The normalized spacial score (nSPS) is 13.1. The lowest BCUT2D eigenvalue weighted by molar-refractivity contribution is -0.140. The Kier molecular flexibility index (Phi) is 9.67. The lowest BCUT2D eigenvalue weighted by Crippen LogP contribution is -2.53. The Hall–Kier alpha value is -2.87. The minimum atomic E-state index is -3.75. The average molecular weight is 488 g/mol. The van der Waals surface area contributed by atoms with E-state index in [1.807, 2.05) is 71.0 Å². The van der Waals surface area contributed by atoms with Crippen LogP contribution in [0.25, 0.3) is 0 Å². The molecule has 186 valence electrons. The van der Waals surface area contributed by atoms with Crippen LogP contribution in [0.15, 0.2) is 48.5 Å². The summed E-state index contributed by atoms with van der Waals surface area (Å²) >= 11 is 0. The van der Waals surface area contributed by atoms with Crippen LogP contribution >= 0.6 is 0 Å². The van der Waals surface area contributed by atoms with Gasteiger partial charge in [-0.2, -0.15) is 0 Å². The Bertz CT molecular complexity index is 1090. The molecule has 0 unspecified atom stereocenters. The number of nitrogens with one attached hydrogen (secondary N) is 1. The van der Waals surface area contributed by atoms with Crippen LogP contribution in [0.5, 0.6) is 0 Å². The van der Waals surface area contributed by atoms with Gasteiger partial charge in [-0.25, -0.2) is 8.42 Å². The third-order valence-corrected chi connectivity index (χ3v) is 7.23. The first-order valence-electron chi connectivity index (χ1n) is 11.7. The summed E-state index contributed by atoms with van der Waals surface area (Å²) in [6, 6.07) is 14.0. The molecule has 0 radical (unpaired) electrons. The first-order valence-corrected chi connectivity index (χ1v) is 13.5. The minimum Gasteiger partial charge on any atom is -0.352 e. The zero-order valence-corrected chi connectivity index (χ0v) is 21.9. The second-order valence-corrected chi connectivity index (χ2v) is 10.6. The summed E-state index contributed by atoms with van der Waals surface area (Å²) < 4.78 is 26.6. The number of aryl methyl sites for hydroxylation is 1. The van der Waals surface area contributed by atoms with Gasteiger partial charge in [-0.15, -0.1) is 0 Å². The van der Waals surface area contributed by atoms with E-state index in [9.17, 15) is 18.0 Å². The first kappa shape index (κ1) is 27.4. The maximum atomic E-state index is 13.7. The molecule has 1 N–H and O–H groups in total. The fourth-order valence-electron chi connectivity index (χ4n) is 3.74. The molecular weight excluding hydrogens is 450 g/mol. The van der Waals surface area contributed by atoms with Crippen LogP contribution in [0.3, 0.4) is 0 Å². The maximum absolute atomic E-state index is 13.7. The van der Waals surface area contributed by atoms with E-state index in [4.69, 9.17) is 0 Å². The molecule has 34 heavy (non-hydrogen) atoms. The fourth-order valence-corrected chi connectivity index (χ4v) is 4.64. The third-order valence-electron chi connectivity index (χ3n) is 6.11. The van der Waals surface area contributed by atoms with E-state index in [0.717, 1.165) is 33.7 Å². The molecule has 2 amide bonds. The number of nitrogens with zero attached hydrogens (tertiary/aromatic N) is 2. The van der Waals surface area contributed by atoms with Gasteiger partial charge >= 0.3 is 0 Å². The highest BCUT2D eigenvalue weighted by Gasteiger charge is 2.32. The summed E-state index contributed by atoms with van der Waals surface area (Å²) in [5.74, 6) is -0.667. The van der Waals surface area contributed by atoms with Crippen LogP contribution in [-0.4, -0.2) is 50.0 Å². The van der Waals surface area contributed by atoms with Crippen molar-refractivity contribution in [3.05, 3.63) is 65.2 Å². The number of hydrogen-bond acceptors (Lipinski definition) is 4. The third kappa shape index (κ3) is 7.06. The fraction of sp³-hybridized carbons (Fsp3) is 0.462. The van der Waals surface area contributed by atoms with Crippen LogP contribution in [0.2, 0.25) is 0 Å². The van der Waals surface area contributed by atoms with E-state index in [-0.39, 0.29) is 25.0 Å². The molecular formula is C26H37N3O4S. The highest BCUT2D eigenvalue weighted by Crippen LogP contribution is 2.25. The van der Waals surface area contributed by atoms with Gasteiger partial charge in [-0.3, -0.25) is 13.9 Å². The van der Waals surface area contributed by atoms with Gasteiger partial charge in [0.05, 0.1) is 11.9 Å². The molecule has 2 rings (SSSR count). The Labute approximate surface area is 204 Å². The van der Waals surface area contributed by atoms with Gasteiger partial charge in [-0.1, -0.05) is 56.3 Å². The predicted molar refractivity (Wildman–Crippen MR) is 137 cm³/mol. The van der Waals surface area contributed by atoms with Crippen molar-refractivity contribution in [2.24, 2.45) is 0 Å². The van der Waals surface area contributed by atoms with Gasteiger partial charge in [0.2, 0.25) is 21.8 Å². The summed E-state index contributed by atoms with van der Waals surface area (Å²) in [7, 11) is -3.75. The van der Waals surface area contributed by atoms with Gasteiger partial charge in [0.15, 0.2) is 0 Å².